The Labute approximate surface area is 210 Å². The zero-order valence-electron chi connectivity index (χ0n) is 19.4. The molecule has 3 aromatic carbocycles. The number of nitrogens with one attached hydrogen (secondary N) is 1. The van der Waals surface area contributed by atoms with Gasteiger partial charge < -0.3 is 5.32 Å². The molecule has 36 heavy (non-hydrogen) atoms. The number of amides is 1. The Kier molecular flexibility index (Phi) is 6.57. The maximum Gasteiger partial charge on any atom is 0.416 e. The molecule has 1 amide bonds. The summed E-state index contributed by atoms with van der Waals surface area (Å²) in [5.74, 6) is 0.726. The molecule has 184 valence electrons. The molecule has 1 aliphatic carbocycles. The third-order valence-electron chi connectivity index (χ3n) is 5.91. The van der Waals surface area contributed by atoms with Crippen LogP contribution in [0, 0.1) is 6.92 Å². The Morgan fingerprint density at radius 1 is 1.03 bits per heavy atom. The van der Waals surface area contributed by atoms with Gasteiger partial charge in [-0.1, -0.05) is 65.9 Å². The molecule has 0 radical (unpaired) electrons. The van der Waals surface area contributed by atoms with Gasteiger partial charge in [0.15, 0.2) is 11.0 Å². The smallest absolute Gasteiger partial charge is 0.349 e. The predicted octanol–water partition coefficient (Wildman–Crippen LogP) is 6.45. The lowest BCUT2D eigenvalue weighted by Gasteiger charge is -2.14. The average Bonchev–Trinajstić information content (AvgIpc) is 3.58. The van der Waals surface area contributed by atoms with Gasteiger partial charge in [-0.2, -0.15) is 13.2 Å². The predicted molar refractivity (Wildman–Crippen MR) is 133 cm³/mol. The van der Waals surface area contributed by atoms with Crippen molar-refractivity contribution < 1.29 is 18.0 Å². The van der Waals surface area contributed by atoms with E-state index < -0.39 is 11.7 Å². The fourth-order valence-electron chi connectivity index (χ4n) is 3.81. The highest BCUT2D eigenvalue weighted by Gasteiger charge is 2.31. The SMILES string of the molecule is Cc1ccc(-c2nnc(SCc3ccccc3C(=O)NC3CC3)n2-c2cccc(C(F)(F)F)c2)cc1. The molecular formula is C27H23F3N4OS. The number of carbonyl (C=O) groups excluding carboxylic acids is 1. The fraction of sp³-hybridized carbons (Fsp3) is 0.222. The van der Waals surface area contributed by atoms with Crippen LogP contribution in [0.15, 0.2) is 78.0 Å². The van der Waals surface area contributed by atoms with Crippen LogP contribution in [0.5, 0.6) is 0 Å². The summed E-state index contributed by atoms with van der Waals surface area (Å²) in [6, 6.07) is 20.3. The topological polar surface area (TPSA) is 59.8 Å². The van der Waals surface area contributed by atoms with Gasteiger partial charge in [0.25, 0.3) is 5.91 Å². The standard InChI is InChI=1S/C27H23F3N4OS/c1-17-9-11-18(12-10-17)24-32-33-26(34(24)22-7-4-6-20(15-22)27(28,29)30)36-16-19-5-2-3-8-23(19)25(35)31-21-13-14-21/h2-12,15,21H,13-14,16H2,1H3,(H,31,35). The second-order valence-electron chi connectivity index (χ2n) is 8.75. The van der Waals surface area contributed by atoms with Crippen molar-refractivity contribution in [3.8, 4) is 17.1 Å². The Bertz CT molecular complexity index is 1390. The highest BCUT2D eigenvalue weighted by Crippen LogP contribution is 2.34. The molecule has 0 spiro atoms. The third-order valence-corrected chi connectivity index (χ3v) is 6.88. The summed E-state index contributed by atoms with van der Waals surface area (Å²) in [6.45, 7) is 1.96. The quantitative estimate of drug-likeness (QED) is 0.292. The number of benzene rings is 3. The van der Waals surface area contributed by atoms with Crippen molar-refractivity contribution in [1.82, 2.24) is 20.1 Å². The maximum absolute atomic E-state index is 13.5. The van der Waals surface area contributed by atoms with Crippen molar-refractivity contribution >= 4 is 17.7 Å². The summed E-state index contributed by atoms with van der Waals surface area (Å²) in [4.78, 5) is 12.7. The van der Waals surface area contributed by atoms with Crippen LogP contribution in [0.25, 0.3) is 17.1 Å². The zero-order valence-corrected chi connectivity index (χ0v) is 20.2. The Hall–Kier alpha value is -3.59. The highest BCUT2D eigenvalue weighted by atomic mass is 32.2. The number of thioether (sulfide) groups is 1. The Morgan fingerprint density at radius 3 is 2.50 bits per heavy atom. The van der Waals surface area contributed by atoms with Crippen LogP contribution in [0.3, 0.4) is 0 Å². The number of alkyl halides is 3. The first-order valence-electron chi connectivity index (χ1n) is 11.5. The fourth-order valence-corrected chi connectivity index (χ4v) is 4.76. The minimum absolute atomic E-state index is 0.117. The van der Waals surface area contributed by atoms with Crippen molar-refractivity contribution in [3.05, 3.63) is 95.1 Å². The molecule has 0 unspecified atom stereocenters. The molecule has 4 aromatic rings. The first-order chi connectivity index (χ1) is 17.3. The maximum atomic E-state index is 13.5. The van der Waals surface area contributed by atoms with E-state index in [-0.39, 0.29) is 11.9 Å². The second kappa shape index (κ2) is 9.81. The van der Waals surface area contributed by atoms with Gasteiger partial charge in [0.1, 0.15) is 0 Å². The van der Waals surface area contributed by atoms with E-state index in [1.54, 1.807) is 16.7 Å². The van der Waals surface area contributed by atoms with E-state index in [0.717, 1.165) is 41.7 Å². The number of aryl methyl sites for hydroxylation is 1. The van der Waals surface area contributed by atoms with Crippen LogP contribution in [0.4, 0.5) is 13.2 Å². The summed E-state index contributed by atoms with van der Waals surface area (Å²) < 4.78 is 42.1. The lowest BCUT2D eigenvalue weighted by Crippen LogP contribution is -2.26. The molecule has 1 aliphatic rings. The van der Waals surface area contributed by atoms with Crippen molar-refractivity contribution in [3.63, 3.8) is 0 Å². The van der Waals surface area contributed by atoms with Gasteiger partial charge in [-0.15, -0.1) is 10.2 Å². The molecule has 0 saturated heterocycles. The van der Waals surface area contributed by atoms with Crippen LogP contribution >= 0.6 is 11.8 Å². The van der Waals surface area contributed by atoms with Crippen molar-refractivity contribution in [2.24, 2.45) is 0 Å². The van der Waals surface area contributed by atoms with Gasteiger partial charge >= 0.3 is 6.18 Å². The molecule has 1 N–H and O–H groups in total. The molecular weight excluding hydrogens is 485 g/mol. The molecule has 0 atom stereocenters. The van der Waals surface area contributed by atoms with E-state index in [1.807, 2.05) is 49.4 Å². The van der Waals surface area contributed by atoms with Crippen molar-refractivity contribution in [2.75, 3.05) is 0 Å². The summed E-state index contributed by atoms with van der Waals surface area (Å²) >= 11 is 1.32. The van der Waals surface area contributed by atoms with Crippen LogP contribution in [0.2, 0.25) is 0 Å². The molecule has 5 nitrogen and oxygen atoms in total. The second-order valence-corrected chi connectivity index (χ2v) is 9.69. The largest absolute Gasteiger partial charge is 0.416 e. The van der Waals surface area contributed by atoms with Crippen LogP contribution < -0.4 is 5.32 Å². The van der Waals surface area contributed by atoms with E-state index in [2.05, 4.69) is 15.5 Å². The minimum atomic E-state index is -4.48. The van der Waals surface area contributed by atoms with Gasteiger partial charge in [-0.25, -0.2) is 0 Å². The molecule has 1 saturated carbocycles. The van der Waals surface area contributed by atoms with Gasteiger partial charge in [0.2, 0.25) is 0 Å². The summed E-state index contributed by atoms with van der Waals surface area (Å²) in [7, 11) is 0. The normalized spacial score (nSPS) is 13.6. The van der Waals surface area contributed by atoms with Crippen LogP contribution in [-0.4, -0.2) is 26.7 Å². The van der Waals surface area contributed by atoms with Crippen LogP contribution in [-0.2, 0) is 11.9 Å². The van der Waals surface area contributed by atoms with E-state index in [1.165, 1.54) is 17.8 Å². The number of nitrogens with zero attached hydrogens (tertiary/aromatic N) is 3. The van der Waals surface area contributed by atoms with Crippen LogP contribution in [0.1, 0.15) is 39.9 Å². The molecule has 1 aromatic heterocycles. The van der Waals surface area contributed by atoms with E-state index in [9.17, 15) is 18.0 Å². The van der Waals surface area contributed by atoms with Gasteiger partial charge in [-0.3, -0.25) is 9.36 Å². The number of hydrogen-bond acceptors (Lipinski definition) is 4. The average molecular weight is 509 g/mol. The molecule has 5 rings (SSSR count). The van der Waals surface area contributed by atoms with Crippen molar-refractivity contribution in [1.29, 1.82) is 0 Å². The minimum Gasteiger partial charge on any atom is -0.349 e. The number of carbonyl (C=O) groups is 1. The lowest BCUT2D eigenvalue weighted by atomic mass is 10.1. The number of hydrogen-bond donors (Lipinski definition) is 1. The first kappa shape index (κ1) is 24.1. The van der Waals surface area contributed by atoms with E-state index in [4.69, 9.17) is 0 Å². The van der Waals surface area contributed by atoms with E-state index >= 15 is 0 Å². The molecule has 1 heterocycles. The number of rotatable bonds is 7. The van der Waals surface area contributed by atoms with Gasteiger partial charge in [0.05, 0.1) is 11.3 Å². The first-order valence-corrected chi connectivity index (χ1v) is 12.5. The molecule has 9 heteroatoms. The third kappa shape index (κ3) is 5.31. The van der Waals surface area contributed by atoms with Gasteiger partial charge in [0, 0.05) is 22.9 Å². The van der Waals surface area contributed by atoms with Gasteiger partial charge in [-0.05, 0) is 49.6 Å². The van der Waals surface area contributed by atoms with E-state index in [0.29, 0.717) is 28.0 Å². The summed E-state index contributed by atoms with van der Waals surface area (Å²) in [5.41, 5.74) is 2.76. The highest BCUT2D eigenvalue weighted by molar-refractivity contribution is 7.98. The Balaban J connectivity index is 1.51. The lowest BCUT2D eigenvalue weighted by molar-refractivity contribution is -0.137. The molecule has 1 fully saturated rings. The molecule has 0 bridgehead atoms. The number of halogens is 3. The van der Waals surface area contributed by atoms with Crippen molar-refractivity contribution in [2.45, 2.75) is 42.9 Å². The molecule has 0 aliphatic heterocycles. The zero-order chi connectivity index (χ0) is 25.3. The number of aromatic nitrogens is 3. The summed E-state index contributed by atoms with van der Waals surface area (Å²) in [6.07, 6.45) is -2.50. The summed E-state index contributed by atoms with van der Waals surface area (Å²) in [5, 5.41) is 12.1. The Morgan fingerprint density at radius 2 is 1.78 bits per heavy atom. The monoisotopic (exact) mass is 508 g/mol.